The Hall–Kier alpha value is -7.02. The summed E-state index contributed by atoms with van der Waals surface area (Å²) in [5.41, 5.74) is 3.49. The van der Waals surface area contributed by atoms with Gasteiger partial charge < -0.3 is 9.84 Å². The predicted molar refractivity (Wildman–Crippen MR) is 265 cm³/mol. The number of hydroxylamine groups is 2. The van der Waals surface area contributed by atoms with Crippen LogP contribution in [0.4, 0.5) is 0 Å². The van der Waals surface area contributed by atoms with Crippen molar-refractivity contribution in [3.63, 3.8) is 0 Å². The van der Waals surface area contributed by atoms with E-state index >= 15 is 0 Å². The van der Waals surface area contributed by atoms with Crippen LogP contribution in [-0.2, 0) is 25.8 Å². The molecule has 12 nitrogen and oxygen atoms in total. The van der Waals surface area contributed by atoms with E-state index in [-0.39, 0.29) is 52.5 Å². The second kappa shape index (κ2) is 17.5. The third-order valence-corrected chi connectivity index (χ3v) is 13.8. The number of ether oxygens (including phenoxy) is 1. The highest BCUT2D eigenvalue weighted by Crippen LogP contribution is 2.47. The quantitative estimate of drug-likeness (QED) is 0.0367. The Morgan fingerprint density at radius 2 is 0.957 bits per heavy atom. The lowest BCUT2D eigenvalue weighted by atomic mass is 9.81. The Balaban J connectivity index is 0.981. The summed E-state index contributed by atoms with van der Waals surface area (Å²) in [4.78, 5) is 92.4. The van der Waals surface area contributed by atoms with Crippen LogP contribution in [0.15, 0.2) is 103 Å². The summed E-state index contributed by atoms with van der Waals surface area (Å²) in [6, 6.07) is 29.2. The second-order valence-corrected chi connectivity index (χ2v) is 20.5. The Morgan fingerprint density at radius 1 is 0.536 bits per heavy atom. The van der Waals surface area contributed by atoms with Gasteiger partial charge in [-0.2, -0.15) is 5.06 Å². The van der Waals surface area contributed by atoms with E-state index < -0.39 is 59.5 Å². The van der Waals surface area contributed by atoms with E-state index in [0.29, 0.717) is 43.1 Å². The number of nitrogens with zero attached hydrogens (tertiary/aromatic N) is 3. The number of esters is 1. The summed E-state index contributed by atoms with van der Waals surface area (Å²) in [5, 5.41) is 17.2. The topological polar surface area (TPSA) is 151 Å². The number of carboxylic acid groups (broad SMARTS) is 1. The van der Waals surface area contributed by atoms with Gasteiger partial charge in [0.2, 0.25) is 0 Å². The molecule has 12 heteroatoms. The van der Waals surface area contributed by atoms with Gasteiger partial charge in [-0.3, -0.25) is 33.8 Å². The van der Waals surface area contributed by atoms with Gasteiger partial charge in [0, 0.05) is 38.6 Å². The number of hydrogen-bond donors (Lipinski definition) is 1. The summed E-state index contributed by atoms with van der Waals surface area (Å²) in [5.74, 6) is -5.33. The lowest BCUT2D eigenvalue weighted by molar-refractivity contribution is -0.272. The van der Waals surface area contributed by atoms with Gasteiger partial charge >= 0.3 is 11.9 Å². The van der Waals surface area contributed by atoms with Crippen LogP contribution in [0.25, 0.3) is 43.1 Å². The molecular weight excluding hydrogens is 871 g/mol. The van der Waals surface area contributed by atoms with Crippen molar-refractivity contribution < 1.29 is 43.4 Å². The molecule has 69 heavy (non-hydrogen) atoms. The fraction of sp³-hybridized carbons (Fsp3) is 0.333. The van der Waals surface area contributed by atoms with Crippen molar-refractivity contribution in [2.24, 2.45) is 17.8 Å². The standard InChI is InChI=1S/C57H57N3O9/c1-29(2)48(35-14-12-11-13-15-35)60(57(8,9)10)69-32(7)34-18-16-33(17-19-34)28-68-56(67)50(31(5)6)59-53(63)42-26-22-38-36-20-24-40-46-41(52(62)58(51(40)61)49(30(3)4)55(65)66)25-21-37(44(36)46)39-23-27-43(54(59)64)47(42)45(38)39/h11-27,29-32,48-50H,28H2,1-10H3,(H,65,66). The lowest BCUT2D eigenvalue weighted by Gasteiger charge is -2.44. The minimum Gasteiger partial charge on any atom is -0.480 e. The SMILES string of the molecule is CC(ON(C(c1ccccc1)C(C)C)C(C)(C)C)c1ccc(COC(=O)C(C(C)C)N2C(=O)c3ccc4c5ccc6c7c(ccc(c8ccc(c3c48)C2=O)c75)C(=O)N(C(C(=O)O)C(C)C)C6=O)cc1. The summed E-state index contributed by atoms with van der Waals surface area (Å²) in [7, 11) is 0. The maximum absolute atomic E-state index is 14.7. The monoisotopic (exact) mass is 927 g/mol. The van der Waals surface area contributed by atoms with E-state index in [0.717, 1.165) is 20.9 Å². The average Bonchev–Trinajstić information content (AvgIpc) is 3.30. The number of rotatable bonds is 14. The maximum Gasteiger partial charge on any atom is 0.329 e. The van der Waals surface area contributed by atoms with Crippen molar-refractivity contribution in [2.45, 2.75) is 106 Å². The smallest absolute Gasteiger partial charge is 0.329 e. The van der Waals surface area contributed by atoms with Crippen molar-refractivity contribution in [1.29, 1.82) is 0 Å². The second-order valence-electron chi connectivity index (χ2n) is 20.5. The summed E-state index contributed by atoms with van der Waals surface area (Å²) < 4.78 is 5.90. The highest BCUT2D eigenvalue weighted by Gasteiger charge is 2.45. The minimum atomic E-state index is -1.36. The number of fused-ring (bicyclic) bond motifs is 2. The van der Waals surface area contributed by atoms with Gasteiger partial charge in [-0.25, -0.2) is 9.59 Å². The molecule has 7 aromatic carbocycles. The van der Waals surface area contributed by atoms with Crippen LogP contribution in [0.2, 0.25) is 0 Å². The van der Waals surface area contributed by atoms with Gasteiger partial charge in [-0.05, 0) is 119 Å². The molecule has 2 heterocycles. The van der Waals surface area contributed by atoms with E-state index in [1.807, 2.05) is 49.4 Å². The Morgan fingerprint density at radius 3 is 1.33 bits per heavy atom. The normalized spacial score (nSPS) is 16.0. The number of carbonyl (C=O) groups is 6. The number of carbonyl (C=O) groups excluding carboxylic acids is 5. The van der Waals surface area contributed by atoms with Crippen molar-refractivity contribution >= 4 is 78.7 Å². The summed E-state index contributed by atoms with van der Waals surface area (Å²) in [6.07, 6.45) is -0.294. The zero-order valence-electron chi connectivity index (χ0n) is 40.6. The Bertz CT molecular complexity index is 3120. The largest absolute Gasteiger partial charge is 0.480 e. The molecule has 2 aliphatic heterocycles. The highest BCUT2D eigenvalue weighted by molar-refractivity contribution is 6.41. The van der Waals surface area contributed by atoms with E-state index in [4.69, 9.17) is 9.57 Å². The molecule has 4 unspecified atom stereocenters. The van der Waals surface area contributed by atoms with Gasteiger partial charge in [0.15, 0.2) is 0 Å². The van der Waals surface area contributed by atoms with Crippen LogP contribution in [-0.4, -0.2) is 73.2 Å². The molecule has 1 N–H and O–H groups in total. The molecule has 2 aliphatic rings. The maximum atomic E-state index is 14.7. The number of hydrogen-bond acceptors (Lipinski definition) is 9. The molecule has 0 saturated heterocycles. The third-order valence-electron chi connectivity index (χ3n) is 13.8. The Labute approximate surface area is 401 Å². The molecule has 0 bridgehead atoms. The van der Waals surface area contributed by atoms with Gasteiger partial charge in [-0.15, -0.1) is 0 Å². The van der Waals surface area contributed by atoms with Crippen molar-refractivity contribution in [1.82, 2.24) is 14.9 Å². The molecule has 0 radical (unpaired) electrons. The minimum absolute atomic E-state index is 0.0137. The molecule has 0 saturated carbocycles. The molecule has 0 fully saturated rings. The molecule has 0 aliphatic carbocycles. The first-order valence-electron chi connectivity index (χ1n) is 23.7. The number of carboxylic acids is 1. The van der Waals surface area contributed by atoms with Crippen LogP contribution >= 0.6 is 0 Å². The number of amides is 4. The van der Waals surface area contributed by atoms with Crippen molar-refractivity contribution in [2.75, 3.05) is 0 Å². The molecule has 0 aromatic heterocycles. The first kappa shape index (κ1) is 47.1. The van der Waals surface area contributed by atoms with Crippen LogP contribution in [0, 0.1) is 17.8 Å². The van der Waals surface area contributed by atoms with E-state index in [1.165, 1.54) is 5.56 Å². The number of benzene rings is 7. The molecule has 4 amide bonds. The van der Waals surface area contributed by atoms with Crippen molar-refractivity contribution in [3.05, 3.63) is 142 Å². The first-order chi connectivity index (χ1) is 32.7. The molecule has 0 spiro atoms. The van der Waals surface area contributed by atoms with E-state index in [2.05, 4.69) is 51.8 Å². The third kappa shape index (κ3) is 7.70. The Kier molecular flexibility index (Phi) is 11.9. The fourth-order valence-corrected chi connectivity index (χ4v) is 10.6. The van der Waals surface area contributed by atoms with Crippen LogP contribution < -0.4 is 0 Å². The number of imide groups is 2. The zero-order chi connectivity index (χ0) is 49.5. The lowest BCUT2D eigenvalue weighted by Crippen LogP contribution is -2.53. The highest BCUT2D eigenvalue weighted by atomic mass is 16.7. The zero-order valence-corrected chi connectivity index (χ0v) is 40.6. The van der Waals surface area contributed by atoms with E-state index in [1.54, 1.807) is 76.2 Å². The van der Waals surface area contributed by atoms with Crippen molar-refractivity contribution in [3.8, 4) is 0 Å². The van der Waals surface area contributed by atoms with Crippen LogP contribution in [0.3, 0.4) is 0 Å². The van der Waals surface area contributed by atoms with Gasteiger partial charge in [0.25, 0.3) is 23.6 Å². The van der Waals surface area contributed by atoms with Gasteiger partial charge in [0.1, 0.15) is 24.8 Å². The molecule has 4 atom stereocenters. The summed E-state index contributed by atoms with van der Waals surface area (Å²) in [6.45, 7) is 19.6. The summed E-state index contributed by atoms with van der Waals surface area (Å²) >= 11 is 0. The average molecular weight is 928 g/mol. The van der Waals surface area contributed by atoms with Crippen LogP contribution in [0.1, 0.15) is 140 Å². The van der Waals surface area contributed by atoms with Gasteiger partial charge in [0.05, 0.1) is 6.04 Å². The van der Waals surface area contributed by atoms with Crippen LogP contribution in [0.5, 0.6) is 0 Å². The molecule has 7 aromatic rings. The predicted octanol–water partition coefficient (Wildman–Crippen LogP) is 11.3. The molecule has 354 valence electrons. The molecular formula is C57H57N3O9. The van der Waals surface area contributed by atoms with E-state index in [9.17, 15) is 33.9 Å². The molecule has 9 rings (SSSR count). The fourth-order valence-electron chi connectivity index (χ4n) is 10.6. The number of aliphatic carboxylic acids is 1. The van der Waals surface area contributed by atoms with Gasteiger partial charge in [-0.1, -0.05) is 120 Å². The first-order valence-corrected chi connectivity index (χ1v) is 23.7.